The highest BCUT2D eigenvalue weighted by Gasteiger charge is 2.58. The highest BCUT2D eigenvalue weighted by atomic mass is 19.3. The monoisotopic (exact) mass is 492 g/mol. The van der Waals surface area contributed by atoms with Crippen LogP contribution in [0.15, 0.2) is 67.1 Å². The van der Waals surface area contributed by atoms with E-state index in [9.17, 15) is 18.1 Å². The number of anilines is 1. The fourth-order valence-electron chi connectivity index (χ4n) is 4.51. The first-order chi connectivity index (χ1) is 17.4. The average Bonchev–Trinajstić information content (AvgIpc) is 3.22. The largest absolute Gasteiger partial charge is 0.384 e. The Kier molecular flexibility index (Phi) is 4.95. The van der Waals surface area contributed by atoms with Gasteiger partial charge in [0.25, 0.3) is 5.92 Å². The van der Waals surface area contributed by atoms with Gasteiger partial charge >= 0.3 is 5.97 Å². The van der Waals surface area contributed by atoms with Crippen molar-refractivity contribution in [3.05, 3.63) is 78.2 Å². The molecule has 0 spiro atoms. The molecule has 36 heavy (non-hydrogen) atoms. The minimum Gasteiger partial charge on any atom is -0.355 e. The van der Waals surface area contributed by atoms with Crippen molar-refractivity contribution in [1.29, 1.82) is 0 Å². The van der Waals surface area contributed by atoms with E-state index in [4.69, 9.17) is 0 Å². The van der Waals surface area contributed by atoms with Crippen molar-refractivity contribution in [2.45, 2.75) is 24.9 Å². The molecule has 182 valence electrons. The van der Waals surface area contributed by atoms with Gasteiger partial charge in [0.2, 0.25) is 0 Å². The summed E-state index contributed by atoms with van der Waals surface area (Å²) in [5, 5.41) is 4.87. The molecule has 0 bridgehead atoms. The van der Waals surface area contributed by atoms with Crippen LogP contribution in [0.4, 0.5) is 19.1 Å². The van der Waals surface area contributed by atoms with Crippen molar-refractivity contribution in [2.75, 3.05) is 11.9 Å². The zero-order valence-corrected chi connectivity index (χ0v) is 19.0. The van der Waals surface area contributed by atoms with Crippen LogP contribution in [-0.2, 0) is 11.5 Å². The Morgan fingerprint density at radius 3 is 2.69 bits per heavy atom. The summed E-state index contributed by atoms with van der Waals surface area (Å²) in [6.07, 6.45) is 4.07. The van der Waals surface area contributed by atoms with Crippen LogP contribution in [0.5, 0.6) is 0 Å². The van der Waals surface area contributed by atoms with E-state index in [1.807, 2.05) is 42.3 Å². The number of carbonyl (C=O) groups excluding carboxylic acids is 1. The van der Waals surface area contributed by atoms with Gasteiger partial charge in [0.15, 0.2) is 5.65 Å². The molecule has 4 heterocycles. The molecule has 1 aliphatic carbocycles. The van der Waals surface area contributed by atoms with E-state index < -0.39 is 17.9 Å². The number of aromatic nitrogens is 5. The van der Waals surface area contributed by atoms with Gasteiger partial charge in [-0.05, 0) is 17.7 Å². The first kappa shape index (κ1) is 22.1. The number of hydrogen-bond acceptors (Lipinski definition) is 6. The zero-order chi connectivity index (χ0) is 25.0. The Labute approximate surface area is 202 Å². The molecule has 1 atom stereocenters. The highest BCUT2D eigenvalue weighted by molar-refractivity contribution is 5.97. The number of hydrogen-bond donors (Lipinski definition) is 0. The quantitative estimate of drug-likeness (QED) is 0.332. The Bertz CT molecular complexity index is 1610. The van der Waals surface area contributed by atoms with Gasteiger partial charge in [0.05, 0.1) is 11.9 Å². The number of fused-ring (bicyclic) bond motifs is 2. The second-order valence-corrected chi connectivity index (χ2v) is 8.81. The molecule has 4 aromatic heterocycles. The number of benzene rings is 1. The lowest BCUT2D eigenvalue weighted by Crippen LogP contribution is -2.20. The first-order valence-electron chi connectivity index (χ1n) is 11.2. The van der Waals surface area contributed by atoms with Gasteiger partial charge in [-0.2, -0.15) is 9.61 Å². The van der Waals surface area contributed by atoms with Crippen molar-refractivity contribution < 1.29 is 23.0 Å². The van der Waals surface area contributed by atoms with Crippen LogP contribution in [0.25, 0.3) is 27.9 Å². The molecule has 1 fully saturated rings. The predicted molar refractivity (Wildman–Crippen MR) is 125 cm³/mol. The minimum absolute atomic E-state index is 0.0756. The second kappa shape index (κ2) is 8.08. The Morgan fingerprint density at radius 2 is 1.97 bits per heavy atom. The topological polar surface area (TPSA) is 77.5 Å². The Balaban J connectivity index is 1.55. The van der Waals surface area contributed by atoms with Crippen LogP contribution >= 0.6 is 0 Å². The summed E-state index contributed by atoms with van der Waals surface area (Å²) < 4.78 is 43.7. The molecular formula is C25H19F3N6O2. The molecule has 0 saturated heterocycles. The second-order valence-electron chi connectivity index (χ2n) is 8.81. The third-order valence-corrected chi connectivity index (χ3v) is 6.39. The van der Waals surface area contributed by atoms with Crippen molar-refractivity contribution in [3.63, 3.8) is 0 Å². The summed E-state index contributed by atoms with van der Waals surface area (Å²) in [6, 6.07) is 14.0. The molecule has 1 aromatic carbocycles. The van der Waals surface area contributed by atoms with E-state index >= 15 is 0 Å². The van der Waals surface area contributed by atoms with Crippen LogP contribution < -0.4 is 4.90 Å². The molecule has 1 unspecified atom stereocenters. The maximum atomic E-state index is 14.0. The third kappa shape index (κ3) is 3.55. The van der Waals surface area contributed by atoms with Gasteiger partial charge < -0.3 is 9.47 Å². The number of pyridine rings is 1. The van der Waals surface area contributed by atoms with Gasteiger partial charge in [0, 0.05) is 53.9 Å². The first-order valence-corrected chi connectivity index (χ1v) is 11.2. The molecular weight excluding hydrogens is 473 g/mol. The van der Waals surface area contributed by atoms with E-state index in [1.54, 1.807) is 30.6 Å². The van der Waals surface area contributed by atoms with Crippen LogP contribution in [0.3, 0.4) is 0 Å². The van der Waals surface area contributed by atoms with Crippen LogP contribution in [0, 0.1) is 0 Å². The van der Waals surface area contributed by atoms with Crippen LogP contribution in [-0.4, -0.2) is 43.1 Å². The molecule has 8 nitrogen and oxygen atoms in total. The summed E-state index contributed by atoms with van der Waals surface area (Å²) >= 11 is 0. The van der Waals surface area contributed by atoms with Gasteiger partial charge in [-0.3, -0.25) is 0 Å². The highest BCUT2D eigenvalue weighted by Crippen LogP contribution is 2.54. The lowest BCUT2D eigenvalue weighted by atomic mass is 10.1. The summed E-state index contributed by atoms with van der Waals surface area (Å²) in [6.45, 7) is 0.500. The Hall–Kier alpha value is -4.41. The SMILES string of the molecule is CN(Cc1ccccc1)c1cc(-c2cn(C3CC3(F)F)c3ncccc23)nc2c(C(=O)OF)cnn12. The maximum Gasteiger partial charge on any atom is 0.384 e. The van der Waals surface area contributed by atoms with Crippen LogP contribution in [0.1, 0.15) is 28.4 Å². The van der Waals surface area contributed by atoms with Gasteiger partial charge in [-0.25, -0.2) is 28.5 Å². The Morgan fingerprint density at radius 1 is 1.19 bits per heavy atom. The number of rotatable bonds is 6. The minimum atomic E-state index is -2.80. The summed E-state index contributed by atoms with van der Waals surface area (Å²) in [7, 11) is 1.84. The predicted octanol–water partition coefficient (Wildman–Crippen LogP) is 5.00. The maximum absolute atomic E-state index is 14.0. The van der Waals surface area contributed by atoms with E-state index in [0.29, 0.717) is 34.7 Å². The third-order valence-electron chi connectivity index (χ3n) is 6.39. The normalized spacial score (nSPS) is 16.4. The molecule has 11 heteroatoms. The molecule has 0 amide bonds. The van der Waals surface area contributed by atoms with E-state index in [0.717, 1.165) is 5.56 Å². The van der Waals surface area contributed by atoms with Gasteiger partial charge in [0.1, 0.15) is 23.1 Å². The lowest BCUT2D eigenvalue weighted by molar-refractivity contribution is -0.0786. The van der Waals surface area contributed by atoms with E-state index in [1.165, 1.54) is 15.3 Å². The fraction of sp³-hybridized carbons (Fsp3) is 0.200. The standard InChI is InChI=1S/C25H19F3N6O2/c1-32(13-15-6-3-2-4-7-15)21-10-19(31-23-17(24(35)36-28)12-30-34(21)23)18-14-33(20-11-25(20,26)27)22-16(18)8-5-9-29-22/h2-10,12,14,20H,11,13H2,1H3. The molecule has 1 aliphatic rings. The zero-order valence-electron chi connectivity index (χ0n) is 19.0. The number of halogens is 3. The summed E-state index contributed by atoms with van der Waals surface area (Å²) in [5.41, 5.74) is 2.30. The van der Waals surface area contributed by atoms with Crippen molar-refractivity contribution >= 4 is 28.5 Å². The summed E-state index contributed by atoms with van der Waals surface area (Å²) in [4.78, 5) is 26.3. The molecule has 6 rings (SSSR count). The van der Waals surface area contributed by atoms with Gasteiger partial charge in [-0.1, -0.05) is 30.3 Å². The molecule has 1 saturated carbocycles. The van der Waals surface area contributed by atoms with Gasteiger partial charge in [-0.15, -0.1) is 0 Å². The number of alkyl halides is 2. The van der Waals surface area contributed by atoms with E-state index in [2.05, 4.69) is 20.0 Å². The molecule has 5 aromatic rings. The number of carbonyl (C=O) groups is 1. The van der Waals surface area contributed by atoms with Crippen LogP contribution in [0.2, 0.25) is 0 Å². The summed E-state index contributed by atoms with van der Waals surface area (Å²) in [5.74, 6) is -3.48. The average molecular weight is 492 g/mol. The fourth-order valence-corrected chi connectivity index (χ4v) is 4.51. The lowest BCUT2D eigenvalue weighted by Gasteiger charge is -2.21. The molecule has 0 aliphatic heterocycles. The molecule has 0 radical (unpaired) electrons. The van der Waals surface area contributed by atoms with Crippen molar-refractivity contribution in [2.24, 2.45) is 0 Å². The number of nitrogens with zero attached hydrogens (tertiary/aromatic N) is 6. The van der Waals surface area contributed by atoms with E-state index in [-0.39, 0.29) is 17.6 Å². The van der Waals surface area contributed by atoms with Crippen molar-refractivity contribution in [3.8, 4) is 11.3 Å². The molecule has 0 N–H and O–H groups in total. The smallest absolute Gasteiger partial charge is 0.355 e. The van der Waals surface area contributed by atoms with Crippen molar-refractivity contribution in [1.82, 2.24) is 24.1 Å².